The van der Waals surface area contributed by atoms with Gasteiger partial charge in [0.15, 0.2) is 12.7 Å². The van der Waals surface area contributed by atoms with Crippen molar-refractivity contribution in [3.8, 4) is 5.75 Å². The highest BCUT2D eigenvalue weighted by atomic mass is 16.5. The Balaban J connectivity index is 1.86. The van der Waals surface area contributed by atoms with Crippen LogP contribution in [0.25, 0.3) is 0 Å². The summed E-state index contributed by atoms with van der Waals surface area (Å²) < 4.78 is 15.1. The quantitative estimate of drug-likeness (QED) is 0.471. The molecule has 0 saturated heterocycles. The number of hydrogen-bond donors (Lipinski definition) is 2. The molecule has 1 atom stereocenters. The van der Waals surface area contributed by atoms with Crippen LogP contribution in [0.15, 0.2) is 30.3 Å². The van der Waals surface area contributed by atoms with Crippen LogP contribution >= 0.6 is 0 Å². The van der Waals surface area contributed by atoms with E-state index in [2.05, 4.69) is 10.3 Å². The molecule has 0 fully saturated rings. The van der Waals surface area contributed by atoms with E-state index in [9.17, 15) is 19.2 Å². The van der Waals surface area contributed by atoms with Gasteiger partial charge in [-0.3, -0.25) is 14.4 Å². The van der Waals surface area contributed by atoms with Gasteiger partial charge in [-0.1, -0.05) is 18.2 Å². The Morgan fingerprint density at radius 1 is 1.10 bits per heavy atom. The van der Waals surface area contributed by atoms with E-state index >= 15 is 0 Å². The van der Waals surface area contributed by atoms with Crippen LogP contribution in [0.2, 0.25) is 0 Å². The molecule has 9 nitrogen and oxygen atoms in total. The number of aromatic amines is 1. The maximum Gasteiger partial charge on any atom is 0.339 e. The fourth-order valence-electron chi connectivity index (χ4n) is 2.79. The number of nitrogens with one attached hydrogen (secondary N) is 2. The maximum atomic E-state index is 12.6. The van der Waals surface area contributed by atoms with Crippen LogP contribution in [-0.4, -0.2) is 55.0 Å². The van der Waals surface area contributed by atoms with Crippen molar-refractivity contribution in [1.29, 1.82) is 0 Å². The van der Waals surface area contributed by atoms with E-state index in [0.29, 0.717) is 17.0 Å². The molecule has 1 aromatic carbocycles. The van der Waals surface area contributed by atoms with Crippen molar-refractivity contribution in [2.75, 3.05) is 20.3 Å². The van der Waals surface area contributed by atoms with E-state index in [-0.39, 0.29) is 17.9 Å². The second-order valence-corrected chi connectivity index (χ2v) is 6.49. The molecule has 0 spiro atoms. The van der Waals surface area contributed by atoms with Gasteiger partial charge in [0.25, 0.3) is 5.91 Å². The van der Waals surface area contributed by atoms with Gasteiger partial charge in [-0.2, -0.15) is 0 Å². The van der Waals surface area contributed by atoms with Crippen LogP contribution in [0.1, 0.15) is 39.0 Å². The molecule has 1 aromatic heterocycles. The zero-order valence-corrected chi connectivity index (χ0v) is 17.2. The predicted molar refractivity (Wildman–Crippen MR) is 106 cm³/mol. The minimum absolute atomic E-state index is 0.161. The molecule has 2 aromatic rings. The summed E-state index contributed by atoms with van der Waals surface area (Å²) >= 11 is 0. The molecular formula is C21H24N2O7. The lowest BCUT2D eigenvalue weighted by Crippen LogP contribution is -2.36. The van der Waals surface area contributed by atoms with Gasteiger partial charge in [-0.15, -0.1) is 0 Å². The number of aryl methyl sites for hydroxylation is 1. The highest BCUT2D eigenvalue weighted by molar-refractivity contribution is 6.04. The number of methoxy groups -OCH3 is 1. The van der Waals surface area contributed by atoms with Crippen molar-refractivity contribution in [1.82, 2.24) is 10.3 Å². The molecule has 1 amide bonds. The van der Waals surface area contributed by atoms with Gasteiger partial charge in [0.2, 0.25) is 5.78 Å². The van der Waals surface area contributed by atoms with E-state index in [1.165, 1.54) is 14.0 Å². The Labute approximate surface area is 173 Å². The molecule has 0 aliphatic rings. The first-order chi connectivity index (χ1) is 14.2. The third kappa shape index (κ3) is 5.69. The van der Waals surface area contributed by atoms with Crippen LogP contribution < -0.4 is 10.1 Å². The third-order valence-electron chi connectivity index (χ3n) is 4.29. The van der Waals surface area contributed by atoms with Crippen molar-refractivity contribution in [2.45, 2.75) is 26.9 Å². The molecule has 0 aliphatic heterocycles. The van der Waals surface area contributed by atoms with E-state index in [1.807, 2.05) is 6.07 Å². The van der Waals surface area contributed by atoms with Gasteiger partial charge < -0.3 is 24.5 Å². The van der Waals surface area contributed by atoms with Crippen molar-refractivity contribution < 1.29 is 33.4 Å². The monoisotopic (exact) mass is 416 g/mol. The molecule has 1 unspecified atom stereocenters. The molecule has 2 rings (SSSR count). The molecule has 0 bridgehead atoms. The van der Waals surface area contributed by atoms with Crippen molar-refractivity contribution >= 4 is 23.6 Å². The summed E-state index contributed by atoms with van der Waals surface area (Å²) in [6, 6.07) is 8.75. The SMILES string of the molecule is COC(=O)c1c(C)[nH]c(C(=O)C(C)OC(=O)CNC(=O)COc2ccccc2)c1C. The molecule has 0 aliphatic carbocycles. The van der Waals surface area contributed by atoms with E-state index < -0.39 is 36.3 Å². The second kappa shape index (κ2) is 10.2. The Morgan fingerprint density at radius 2 is 1.77 bits per heavy atom. The lowest BCUT2D eigenvalue weighted by Gasteiger charge is -2.13. The average molecular weight is 416 g/mol. The van der Waals surface area contributed by atoms with E-state index in [0.717, 1.165) is 0 Å². The van der Waals surface area contributed by atoms with Crippen LogP contribution in [0.4, 0.5) is 0 Å². The lowest BCUT2D eigenvalue weighted by atomic mass is 10.1. The smallest absolute Gasteiger partial charge is 0.339 e. The van der Waals surface area contributed by atoms with Gasteiger partial charge in [0, 0.05) is 5.69 Å². The molecule has 160 valence electrons. The first-order valence-corrected chi connectivity index (χ1v) is 9.20. The number of H-pyrrole nitrogens is 1. The summed E-state index contributed by atoms with van der Waals surface area (Å²) in [7, 11) is 1.25. The van der Waals surface area contributed by atoms with E-state index in [1.54, 1.807) is 38.1 Å². The number of carbonyl (C=O) groups excluding carboxylic acids is 4. The first kappa shape index (κ1) is 22.7. The number of amides is 1. The zero-order chi connectivity index (χ0) is 22.3. The first-order valence-electron chi connectivity index (χ1n) is 9.20. The number of aromatic nitrogens is 1. The average Bonchev–Trinajstić information content (AvgIpc) is 3.04. The molecule has 0 radical (unpaired) electrons. The summed E-state index contributed by atoms with van der Waals surface area (Å²) in [4.78, 5) is 51.0. The summed E-state index contributed by atoms with van der Waals surface area (Å²) in [6.07, 6.45) is -1.11. The number of ether oxygens (including phenoxy) is 3. The Morgan fingerprint density at radius 3 is 2.40 bits per heavy atom. The minimum Gasteiger partial charge on any atom is -0.484 e. The van der Waals surface area contributed by atoms with Crippen LogP contribution in [0.3, 0.4) is 0 Å². The number of para-hydroxylation sites is 1. The Hall–Kier alpha value is -3.62. The third-order valence-corrected chi connectivity index (χ3v) is 4.29. The topological polar surface area (TPSA) is 124 Å². The number of carbonyl (C=O) groups is 4. The number of hydrogen-bond acceptors (Lipinski definition) is 7. The standard InChI is InChI=1S/C21H24N2O7/c1-12-18(21(27)28-4)13(2)23-19(12)20(26)14(3)30-17(25)10-22-16(24)11-29-15-8-6-5-7-9-15/h5-9,14,23H,10-11H2,1-4H3,(H,22,24). The number of esters is 2. The van der Waals surface area contributed by atoms with Crippen LogP contribution in [0, 0.1) is 13.8 Å². The fourth-order valence-corrected chi connectivity index (χ4v) is 2.79. The number of rotatable bonds is 9. The minimum atomic E-state index is -1.11. The number of ketones is 1. The van der Waals surface area contributed by atoms with Gasteiger partial charge in [0.1, 0.15) is 12.3 Å². The van der Waals surface area contributed by atoms with Gasteiger partial charge in [0.05, 0.1) is 18.4 Å². The fraction of sp³-hybridized carbons (Fsp3) is 0.333. The number of benzene rings is 1. The highest BCUT2D eigenvalue weighted by Gasteiger charge is 2.27. The molecule has 0 saturated carbocycles. The molecule has 2 N–H and O–H groups in total. The van der Waals surface area contributed by atoms with E-state index in [4.69, 9.17) is 14.2 Å². The maximum absolute atomic E-state index is 12.6. The van der Waals surface area contributed by atoms with Gasteiger partial charge in [-0.05, 0) is 38.5 Å². The van der Waals surface area contributed by atoms with Crippen molar-refractivity contribution in [2.24, 2.45) is 0 Å². The summed E-state index contributed by atoms with van der Waals surface area (Å²) in [5, 5.41) is 2.37. The van der Waals surface area contributed by atoms with Gasteiger partial charge in [-0.25, -0.2) is 4.79 Å². The molecule has 1 heterocycles. The van der Waals surface area contributed by atoms with Crippen LogP contribution in [-0.2, 0) is 19.1 Å². The Kier molecular flexibility index (Phi) is 7.74. The zero-order valence-electron chi connectivity index (χ0n) is 17.2. The predicted octanol–water partition coefficient (Wildman–Crippen LogP) is 1.73. The summed E-state index contributed by atoms with van der Waals surface area (Å²) in [6.45, 7) is 3.98. The lowest BCUT2D eigenvalue weighted by molar-refractivity contribution is -0.146. The summed E-state index contributed by atoms with van der Waals surface area (Å²) in [5.41, 5.74) is 1.32. The van der Waals surface area contributed by atoms with Gasteiger partial charge >= 0.3 is 11.9 Å². The largest absolute Gasteiger partial charge is 0.484 e. The van der Waals surface area contributed by atoms with Crippen molar-refractivity contribution in [3.05, 3.63) is 52.8 Å². The number of Topliss-reactive ketones (excluding diaryl/α,β-unsaturated/α-hetero) is 1. The van der Waals surface area contributed by atoms with Crippen LogP contribution in [0.5, 0.6) is 5.75 Å². The molecule has 9 heteroatoms. The molecule has 30 heavy (non-hydrogen) atoms. The molecular weight excluding hydrogens is 392 g/mol. The summed E-state index contributed by atoms with van der Waals surface area (Å²) in [5.74, 6) is -1.83. The van der Waals surface area contributed by atoms with Crippen molar-refractivity contribution in [3.63, 3.8) is 0 Å². The highest BCUT2D eigenvalue weighted by Crippen LogP contribution is 2.20. The normalized spacial score (nSPS) is 11.3. The second-order valence-electron chi connectivity index (χ2n) is 6.49. The Bertz CT molecular complexity index is 934.